The number of piperidine rings is 2. The standard InChI is InChI=1S/C21H38N2O2S2/c1-25-15-14-23(21(24)10-3-2-8-19-11-16-26-27-19)17-18-7-6-13-22-12-5-4-9-20(18)22/h18-20H,2-17H2,1H3/t18-,19-,20+/m0/s1. The maximum Gasteiger partial charge on any atom is 0.222 e. The van der Waals surface area contributed by atoms with E-state index in [2.05, 4.69) is 20.6 Å². The van der Waals surface area contributed by atoms with Crippen molar-refractivity contribution in [2.75, 3.05) is 45.6 Å². The third kappa shape index (κ3) is 6.83. The first-order chi connectivity index (χ1) is 13.3. The molecular formula is C21H38N2O2S2. The van der Waals surface area contributed by atoms with E-state index in [-0.39, 0.29) is 0 Å². The first-order valence-electron chi connectivity index (χ1n) is 11.1. The predicted octanol–water partition coefficient (Wildman–Crippen LogP) is 4.44. The average molecular weight is 415 g/mol. The quantitative estimate of drug-likeness (QED) is 0.390. The lowest BCUT2D eigenvalue weighted by Crippen LogP contribution is -2.52. The summed E-state index contributed by atoms with van der Waals surface area (Å²) in [6.07, 6.45) is 12.2. The van der Waals surface area contributed by atoms with Crippen molar-refractivity contribution in [3.8, 4) is 0 Å². The lowest BCUT2D eigenvalue weighted by atomic mass is 9.83. The number of fused-ring (bicyclic) bond motifs is 1. The second-order valence-electron chi connectivity index (χ2n) is 8.41. The van der Waals surface area contributed by atoms with Crippen LogP contribution in [0.5, 0.6) is 0 Å². The van der Waals surface area contributed by atoms with Gasteiger partial charge in [-0.3, -0.25) is 4.79 Å². The van der Waals surface area contributed by atoms with Gasteiger partial charge in [0.2, 0.25) is 5.91 Å². The van der Waals surface area contributed by atoms with E-state index in [1.807, 2.05) is 10.8 Å². The third-order valence-corrected chi connectivity index (χ3v) is 9.50. The molecule has 0 unspecified atom stereocenters. The van der Waals surface area contributed by atoms with Crippen molar-refractivity contribution in [3.63, 3.8) is 0 Å². The number of amides is 1. The largest absolute Gasteiger partial charge is 0.383 e. The first-order valence-corrected chi connectivity index (χ1v) is 13.4. The molecule has 0 N–H and O–H groups in total. The van der Waals surface area contributed by atoms with Crippen LogP contribution >= 0.6 is 21.6 Å². The van der Waals surface area contributed by atoms with Crippen molar-refractivity contribution >= 4 is 27.5 Å². The van der Waals surface area contributed by atoms with Crippen LogP contribution in [0.4, 0.5) is 0 Å². The van der Waals surface area contributed by atoms with Gasteiger partial charge in [-0.05, 0) is 64.0 Å². The Labute approximate surface area is 173 Å². The molecule has 0 aliphatic carbocycles. The van der Waals surface area contributed by atoms with Gasteiger partial charge >= 0.3 is 0 Å². The number of rotatable bonds is 10. The van der Waals surface area contributed by atoms with Crippen LogP contribution in [0.15, 0.2) is 0 Å². The average Bonchev–Trinajstić information content (AvgIpc) is 3.22. The van der Waals surface area contributed by atoms with E-state index in [1.54, 1.807) is 7.11 Å². The molecule has 0 aromatic rings. The minimum Gasteiger partial charge on any atom is -0.383 e. The van der Waals surface area contributed by atoms with Crippen LogP contribution in [0.1, 0.15) is 64.2 Å². The SMILES string of the molecule is COCCN(C[C@@H]1CCCN2CCCC[C@H]12)C(=O)CCCC[C@H]1CCSS1. The number of unbranched alkanes of at least 4 members (excludes halogenated alkanes) is 1. The molecule has 3 aliphatic rings. The number of nitrogens with zero attached hydrogens (tertiary/aromatic N) is 2. The lowest BCUT2D eigenvalue weighted by Gasteiger charge is -2.45. The fourth-order valence-electron chi connectivity index (χ4n) is 4.96. The second kappa shape index (κ2) is 11.9. The summed E-state index contributed by atoms with van der Waals surface area (Å²) in [5.74, 6) is 2.32. The van der Waals surface area contributed by atoms with Crippen molar-refractivity contribution in [3.05, 3.63) is 0 Å². The normalized spacial score (nSPS) is 28.9. The molecule has 4 nitrogen and oxygen atoms in total. The number of ether oxygens (including phenoxy) is 1. The van der Waals surface area contributed by atoms with Crippen molar-refractivity contribution in [2.24, 2.45) is 5.92 Å². The Morgan fingerprint density at radius 3 is 2.85 bits per heavy atom. The Kier molecular flexibility index (Phi) is 9.64. The molecule has 6 heteroatoms. The fourth-order valence-corrected chi connectivity index (χ4v) is 7.99. The zero-order chi connectivity index (χ0) is 18.9. The lowest BCUT2D eigenvalue weighted by molar-refractivity contribution is -0.133. The summed E-state index contributed by atoms with van der Waals surface area (Å²) in [6.45, 7) is 4.89. The van der Waals surface area contributed by atoms with Crippen molar-refractivity contribution in [1.82, 2.24) is 9.80 Å². The van der Waals surface area contributed by atoms with Crippen molar-refractivity contribution < 1.29 is 9.53 Å². The zero-order valence-electron chi connectivity index (χ0n) is 17.1. The molecule has 3 rings (SSSR count). The molecule has 156 valence electrons. The van der Waals surface area contributed by atoms with Gasteiger partial charge in [0.05, 0.1) is 6.61 Å². The molecule has 0 radical (unpaired) electrons. The minimum absolute atomic E-state index is 0.355. The minimum atomic E-state index is 0.355. The van der Waals surface area contributed by atoms with Crippen LogP contribution in [0.25, 0.3) is 0 Å². The van der Waals surface area contributed by atoms with Gasteiger partial charge in [-0.15, -0.1) is 0 Å². The summed E-state index contributed by atoms with van der Waals surface area (Å²) in [7, 11) is 5.80. The highest BCUT2D eigenvalue weighted by molar-refractivity contribution is 8.77. The maximum absolute atomic E-state index is 12.9. The number of hydrogen-bond acceptors (Lipinski definition) is 5. The van der Waals surface area contributed by atoms with Crippen LogP contribution < -0.4 is 0 Å². The van der Waals surface area contributed by atoms with E-state index in [4.69, 9.17) is 4.74 Å². The van der Waals surface area contributed by atoms with Gasteiger partial charge in [0.25, 0.3) is 0 Å². The summed E-state index contributed by atoms with van der Waals surface area (Å²) >= 11 is 0. The third-order valence-electron chi connectivity index (χ3n) is 6.50. The number of carbonyl (C=O) groups is 1. The molecule has 3 saturated heterocycles. The molecule has 1 amide bonds. The van der Waals surface area contributed by atoms with Crippen LogP contribution in [0.3, 0.4) is 0 Å². The van der Waals surface area contributed by atoms with E-state index in [9.17, 15) is 4.79 Å². The van der Waals surface area contributed by atoms with Crippen LogP contribution in [0.2, 0.25) is 0 Å². The molecule has 3 fully saturated rings. The number of hydrogen-bond donors (Lipinski definition) is 0. The highest BCUT2D eigenvalue weighted by atomic mass is 33.1. The Balaban J connectivity index is 1.45. The predicted molar refractivity (Wildman–Crippen MR) is 117 cm³/mol. The molecule has 0 spiro atoms. The van der Waals surface area contributed by atoms with Gasteiger partial charge < -0.3 is 14.5 Å². The first kappa shape index (κ1) is 21.8. The molecule has 3 heterocycles. The highest BCUT2D eigenvalue weighted by Gasteiger charge is 2.34. The number of methoxy groups -OCH3 is 1. The van der Waals surface area contributed by atoms with Gasteiger partial charge in [0, 0.05) is 43.7 Å². The Morgan fingerprint density at radius 1 is 1.15 bits per heavy atom. The number of carbonyl (C=O) groups excluding carboxylic acids is 1. The summed E-state index contributed by atoms with van der Waals surface area (Å²) < 4.78 is 5.30. The van der Waals surface area contributed by atoms with Gasteiger partial charge in [0.15, 0.2) is 0 Å². The smallest absolute Gasteiger partial charge is 0.222 e. The molecule has 3 atom stereocenters. The zero-order valence-corrected chi connectivity index (χ0v) is 18.7. The van der Waals surface area contributed by atoms with E-state index >= 15 is 0 Å². The summed E-state index contributed by atoms with van der Waals surface area (Å²) in [4.78, 5) is 17.8. The molecule has 27 heavy (non-hydrogen) atoms. The van der Waals surface area contributed by atoms with Gasteiger partial charge in [-0.2, -0.15) is 0 Å². The Bertz CT molecular complexity index is 444. The molecule has 0 aromatic heterocycles. The summed E-state index contributed by atoms with van der Waals surface area (Å²) in [5.41, 5.74) is 0. The van der Waals surface area contributed by atoms with Crippen LogP contribution in [-0.2, 0) is 9.53 Å². The van der Waals surface area contributed by atoms with E-state index in [0.29, 0.717) is 24.5 Å². The van der Waals surface area contributed by atoms with Gasteiger partial charge in [0.1, 0.15) is 0 Å². The summed E-state index contributed by atoms with van der Waals surface area (Å²) in [6, 6.07) is 0.710. The molecule has 0 aromatic carbocycles. The van der Waals surface area contributed by atoms with Crippen LogP contribution in [-0.4, -0.2) is 72.6 Å². The Morgan fingerprint density at radius 2 is 2.04 bits per heavy atom. The fraction of sp³-hybridized carbons (Fsp3) is 0.952. The van der Waals surface area contributed by atoms with E-state index in [1.165, 1.54) is 70.2 Å². The van der Waals surface area contributed by atoms with Crippen LogP contribution in [0, 0.1) is 5.92 Å². The molecule has 3 aliphatic heterocycles. The Hall–Kier alpha value is 0.0900. The van der Waals surface area contributed by atoms with Crippen molar-refractivity contribution in [2.45, 2.75) is 75.5 Å². The second-order valence-corrected chi connectivity index (χ2v) is 11.2. The highest BCUT2D eigenvalue weighted by Crippen LogP contribution is 2.40. The molecular weight excluding hydrogens is 376 g/mol. The van der Waals surface area contributed by atoms with Crippen molar-refractivity contribution in [1.29, 1.82) is 0 Å². The summed E-state index contributed by atoms with van der Waals surface area (Å²) in [5, 5.41) is 0.828. The van der Waals surface area contributed by atoms with Gasteiger partial charge in [-0.1, -0.05) is 34.4 Å². The van der Waals surface area contributed by atoms with Gasteiger partial charge in [-0.25, -0.2) is 0 Å². The monoisotopic (exact) mass is 414 g/mol. The van der Waals surface area contributed by atoms with E-state index < -0.39 is 0 Å². The van der Waals surface area contributed by atoms with E-state index in [0.717, 1.165) is 31.2 Å². The molecule has 0 bridgehead atoms. The molecule has 0 saturated carbocycles. The maximum atomic E-state index is 12.9. The topological polar surface area (TPSA) is 32.8 Å².